The molecule has 0 saturated heterocycles. The van der Waals surface area contributed by atoms with Crippen molar-refractivity contribution in [2.24, 2.45) is 5.11 Å². The molecule has 0 aliphatic heterocycles. The number of azide groups is 1. The van der Waals surface area contributed by atoms with Crippen LogP contribution in [0.15, 0.2) is 17.4 Å². The van der Waals surface area contributed by atoms with Crippen LogP contribution in [0.2, 0.25) is 0 Å². The van der Waals surface area contributed by atoms with Gasteiger partial charge in [0, 0.05) is 10.6 Å². The van der Waals surface area contributed by atoms with Crippen LogP contribution in [0, 0.1) is 6.92 Å². The molecule has 6 nitrogen and oxygen atoms in total. The number of hydrogen-bond acceptors (Lipinski definition) is 3. The average molecular weight is 190 g/mol. The minimum Gasteiger partial charge on any atom is -0.222 e. The summed E-state index contributed by atoms with van der Waals surface area (Å²) in [4.78, 5) is 2.79. The minimum absolute atomic E-state index is 0.0291. The Hall–Kier alpha value is -1.81. The van der Waals surface area contributed by atoms with E-state index in [4.69, 9.17) is 5.53 Å². The maximum Gasteiger partial charge on any atom is 0.0726 e. The van der Waals surface area contributed by atoms with Crippen molar-refractivity contribution in [3.63, 3.8) is 0 Å². The Bertz CT molecular complexity index is 411. The van der Waals surface area contributed by atoms with Crippen molar-refractivity contribution in [3.05, 3.63) is 28.4 Å². The highest BCUT2D eigenvalue weighted by Crippen LogP contribution is 2.24. The topological polar surface area (TPSA) is 79.5 Å². The van der Waals surface area contributed by atoms with Gasteiger partial charge in [0.05, 0.1) is 17.9 Å². The summed E-state index contributed by atoms with van der Waals surface area (Å²) >= 11 is 0. The minimum atomic E-state index is -0.0291. The predicted molar refractivity (Wildman–Crippen MR) is 51.2 cm³/mol. The molecule has 0 amide bonds. The van der Waals surface area contributed by atoms with E-state index in [2.05, 4.69) is 20.3 Å². The molecule has 1 aromatic heterocycles. The van der Waals surface area contributed by atoms with E-state index in [0.717, 1.165) is 24.2 Å². The van der Waals surface area contributed by atoms with Crippen LogP contribution in [0.5, 0.6) is 0 Å². The lowest BCUT2D eigenvalue weighted by molar-refractivity contribution is 0.746. The van der Waals surface area contributed by atoms with Gasteiger partial charge in [-0.1, -0.05) is 16.4 Å². The first-order valence-electron chi connectivity index (χ1n) is 4.44. The Kier molecular flexibility index (Phi) is 2.20. The number of allylic oxidation sites excluding steroid dienone is 1. The van der Waals surface area contributed by atoms with Gasteiger partial charge in [-0.25, -0.2) is 4.68 Å². The molecule has 0 bridgehead atoms. The van der Waals surface area contributed by atoms with Gasteiger partial charge < -0.3 is 0 Å². The van der Waals surface area contributed by atoms with Crippen molar-refractivity contribution in [2.75, 3.05) is 0 Å². The highest BCUT2D eigenvalue weighted by Gasteiger charge is 2.17. The first kappa shape index (κ1) is 8.77. The highest BCUT2D eigenvalue weighted by molar-refractivity contribution is 5.49. The van der Waals surface area contributed by atoms with E-state index in [1.807, 2.05) is 13.0 Å². The molecular formula is C8H10N6. The second kappa shape index (κ2) is 3.51. The smallest absolute Gasteiger partial charge is 0.0726 e. The first-order chi connectivity index (χ1) is 6.81. The summed E-state index contributed by atoms with van der Waals surface area (Å²) in [5.41, 5.74) is 10.4. The van der Waals surface area contributed by atoms with Crippen LogP contribution in [0.3, 0.4) is 0 Å². The number of nitrogens with zero attached hydrogens (tertiary/aromatic N) is 6. The fourth-order valence-electron chi connectivity index (χ4n) is 1.59. The molecule has 1 unspecified atom stereocenters. The molecule has 0 spiro atoms. The van der Waals surface area contributed by atoms with Gasteiger partial charge in [-0.3, -0.25) is 0 Å². The van der Waals surface area contributed by atoms with Gasteiger partial charge in [0.15, 0.2) is 0 Å². The number of hydrogen-bond donors (Lipinski definition) is 0. The third-order valence-corrected chi connectivity index (χ3v) is 2.27. The molecule has 0 aromatic carbocycles. The molecule has 1 aliphatic rings. The summed E-state index contributed by atoms with van der Waals surface area (Å²) in [6, 6.07) is -0.0291. The van der Waals surface area contributed by atoms with E-state index in [0.29, 0.717) is 0 Å². The zero-order valence-electron chi connectivity index (χ0n) is 7.83. The van der Waals surface area contributed by atoms with Gasteiger partial charge >= 0.3 is 0 Å². The molecule has 2 rings (SSSR count). The normalized spacial score (nSPS) is 20.4. The van der Waals surface area contributed by atoms with Crippen molar-refractivity contribution in [1.29, 1.82) is 0 Å². The van der Waals surface area contributed by atoms with Gasteiger partial charge in [-0.2, -0.15) is 0 Å². The summed E-state index contributed by atoms with van der Waals surface area (Å²) < 4.78 is 1.78. The first-order valence-corrected chi connectivity index (χ1v) is 4.44. The van der Waals surface area contributed by atoms with Crippen LogP contribution in [0.25, 0.3) is 16.1 Å². The van der Waals surface area contributed by atoms with E-state index in [-0.39, 0.29) is 6.04 Å². The molecule has 1 heterocycles. The molecule has 72 valence electrons. The van der Waals surface area contributed by atoms with Crippen molar-refractivity contribution in [1.82, 2.24) is 15.0 Å². The van der Waals surface area contributed by atoms with Crippen molar-refractivity contribution in [2.45, 2.75) is 25.8 Å². The van der Waals surface area contributed by atoms with E-state index >= 15 is 0 Å². The lowest BCUT2D eigenvalue weighted by Gasteiger charge is -2.01. The van der Waals surface area contributed by atoms with Gasteiger partial charge in [0.1, 0.15) is 0 Å². The standard InChI is InChI=1S/C8H10N6/c1-6-5-10-13-14(6)8-3-2-7(4-8)11-12-9/h4-5,7H,2-3H2,1H3. The zero-order valence-corrected chi connectivity index (χ0v) is 7.83. The number of aromatic nitrogens is 3. The maximum atomic E-state index is 8.29. The Morgan fingerprint density at radius 3 is 3.21 bits per heavy atom. The molecule has 0 N–H and O–H groups in total. The Balaban J connectivity index is 2.26. The Morgan fingerprint density at radius 1 is 1.71 bits per heavy atom. The van der Waals surface area contributed by atoms with Gasteiger partial charge in [-0.15, -0.1) is 5.10 Å². The molecule has 0 fully saturated rings. The number of aryl methyl sites for hydroxylation is 1. The van der Waals surface area contributed by atoms with Crippen LogP contribution in [0.4, 0.5) is 0 Å². The van der Waals surface area contributed by atoms with Crippen LogP contribution < -0.4 is 0 Å². The molecule has 1 atom stereocenters. The average Bonchev–Trinajstić information content (AvgIpc) is 2.74. The Labute approximate surface area is 80.9 Å². The molecule has 0 radical (unpaired) electrons. The molecule has 14 heavy (non-hydrogen) atoms. The maximum absolute atomic E-state index is 8.29. The van der Waals surface area contributed by atoms with E-state index in [9.17, 15) is 0 Å². The zero-order chi connectivity index (χ0) is 9.97. The van der Waals surface area contributed by atoms with Crippen LogP contribution in [-0.4, -0.2) is 21.0 Å². The van der Waals surface area contributed by atoms with Gasteiger partial charge in [-0.05, 0) is 25.3 Å². The molecule has 1 aliphatic carbocycles. The lowest BCUT2D eigenvalue weighted by Crippen LogP contribution is -1.99. The largest absolute Gasteiger partial charge is 0.222 e. The summed E-state index contributed by atoms with van der Waals surface area (Å²) in [6.07, 6.45) is 5.40. The predicted octanol–water partition coefficient (Wildman–Crippen LogP) is 1.90. The molecule has 6 heteroatoms. The second-order valence-corrected chi connectivity index (χ2v) is 3.26. The van der Waals surface area contributed by atoms with Gasteiger partial charge in [0.2, 0.25) is 0 Å². The lowest BCUT2D eigenvalue weighted by atomic mass is 10.3. The highest BCUT2D eigenvalue weighted by atomic mass is 15.4. The molecule has 1 aromatic rings. The van der Waals surface area contributed by atoms with Gasteiger partial charge in [0.25, 0.3) is 0 Å². The van der Waals surface area contributed by atoms with Crippen molar-refractivity contribution < 1.29 is 0 Å². The quantitative estimate of drug-likeness (QED) is 0.405. The van der Waals surface area contributed by atoms with E-state index < -0.39 is 0 Å². The monoisotopic (exact) mass is 190 g/mol. The van der Waals surface area contributed by atoms with Crippen LogP contribution in [-0.2, 0) is 0 Å². The van der Waals surface area contributed by atoms with Crippen molar-refractivity contribution >= 4 is 5.70 Å². The summed E-state index contributed by atoms with van der Waals surface area (Å²) in [7, 11) is 0. The molecule has 0 saturated carbocycles. The second-order valence-electron chi connectivity index (χ2n) is 3.26. The van der Waals surface area contributed by atoms with E-state index in [1.165, 1.54) is 0 Å². The van der Waals surface area contributed by atoms with Crippen LogP contribution in [0.1, 0.15) is 18.5 Å². The third kappa shape index (κ3) is 1.47. The third-order valence-electron chi connectivity index (χ3n) is 2.27. The fourth-order valence-corrected chi connectivity index (χ4v) is 1.59. The van der Waals surface area contributed by atoms with E-state index in [1.54, 1.807) is 10.9 Å². The Morgan fingerprint density at radius 2 is 2.57 bits per heavy atom. The van der Waals surface area contributed by atoms with Crippen molar-refractivity contribution in [3.8, 4) is 0 Å². The fraction of sp³-hybridized carbons (Fsp3) is 0.500. The summed E-state index contributed by atoms with van der Waals surface area (Å²) in [5, 5.41) is 11.4. The molecular weight excluding hydrogens is 180 g/mol. The summed E-state index contributed by atoms with van der Waals surface area (Å²) in [5.74, 6) is 0. The number of rotatable bonds is 2. The SMILES string of the molecule is Cc1cnnn1C1=CC(N=[N+]=[N-])CC1. The van der Waals surface area contributed by atoms with Crippen LogP contribution >= 0.6 is 0 Å². The summed E-state index contributed by atoms with van der Waals surface area (Å²) in [6.45, 7) is 1.95.